The molecule has 2 aliphatic rings. The number of carbonyl (C=O) groups excluding carboxylic acids is 1. The molecule has 0 aliphatic carbocycles. The second kappa shape index (κ2) is 6.78. The number of anilines is 1. The zero-order chi connectivity index (χ0) is 19.0. The van der Waals surface area contributed by atoms with Crippen LogP contribution < -0.4 is 4.90 Å². The van der Waals surface area contributed by atoms with Crippen LogP contribution in [0.3, 0.4) is 0 Å². The third-order valence-corrected chi connectivity index (χ3v) is 4.92. The molecule has 0 N–H and O–H groups in total. The molecule has 0 spiro atoms. The molecule has 0 unspecified atom stereocenters. The third kappa shape index (κ3) is 3.45. The molecule has 11 heteroatoms. The van der Waals surface area contributed by atoms with Crippen LogP contribution in [-0.2, 0) is 24.1 Å². The number of halogens is 3. The summed E-state index contributed by atoms with van der Waals surface area (Å²) in [6.45, 7) is 1.57. The standard InChI is InChI=1S/C16H18F3N7O/c17-16(18,19)14-23-22-12-10-24(7-8-26(12)14)13(27)11-3-1-6-25(9-11)15-20-4-2-5-21-15/h2,4-5,11H,1,3,6-10H2/t11-/m0/s1. The van der Waals surface area contributed by atoms with Crippen molar-refractivity contribution in [3.63, 3.8) is 0 Å². The Bertz CT molecular complexity index is 823. The largest absolute Gasteiger partial charge is 0.451 e. The lowest BCUT2D eigenvalue weighted by atomic mass is 9.96. The monoisotopic (exact) mass is 381 g/mol. The number of amides is 1. The van der Waals surface area contributed by atoms with Gasteiger partial charge in [-0.05, 0) is 18.9 Å². The van der Waals surface area contributed by atoms with Gasteiger partial charge in [0, 0.05) is 38.6 Å². The Morgan fingerprint density at radius 3 is 2.63 bits per heavy atom. The molecule has 0 aromatic carbocycles. The first-order valence-electron chi connectivity index (χ1n) is 8.73. The van der Waals surface area contributed by atoms with E-state index in [1.807, 2.05) is 4.90 Å². The second-order valence-corrected chi connectivity index (χ2v) is 6.68. The maximum Gasteiger partial charge on any atom is 0.451 e. The van der Waals surface area contributed by atoms with Gasteiger partial charge >= 0.3 is 6.18 Å². The Kier molecular flexibility index (Phi) is 4.44. The van der Waals surface area contributed by atoms with E-state index in [-0.39, 0.29) is 37.3 Å². The highest BCUT2D eigenvalue weighted by Crippen LogP contribution is 2.30. The van der Waals surface area contributed by atoms with Crippen LogP contribution in [0, 0.1) is 5.92 Å². The molecule has 4 heterocycles. The molecule has 2 aromatic rings. The molecule has 1 amide bonds. The van der Waals surface area contributed by atoms with E-state index in [4.69, 9.17) is 0 Å². The van der Waals surface area contributed by atoms with Crippen LogP contribution in [0.15, 0.2) is 18.5 Å². The molecule has 8 nitrogen and oxygen atoms in total. The van der Waals surface area contributed by atoms with Crippen LogP contribution in [0.2, 0.25) is 0 Å². The summed E-state index contributed by atoms with van der Waals surface area (Å²) in [5.74, 6) is -0.559. The molecule has 0 radical (unpaired) electrons. The summed E-state index contributed by atoms with van der Waals surface area (Å²) in [7, 11) is 0. The topological polar surface area (TPSA) is 80.0 Å². The van der Waals surface area contributed by atoms with Crippen LogP contribution in [0.25, 0.3) is 0 Å². The highest BCUT2D eigenvalue weighted by atomic mass is 19.4. The number of hydrogen-bond donors (Lipinski definition) is 0. The summed E-state index contributed by atoms with van der Waals surface area (Å²) < 4.78 is 39.9. The van der Waals surface area contributed by atoms with Gasteiger partial charge in [-0.1, -0.05) is 0 Å². The number of fused-ring (bicyclic) bond motifs is 1. The van der Waals surface area contributed by atoms with Gasteiger partial charge < -0.3 is 14.4 Å². The fourth-order valence-electron chi connectivity index (χ4n) is 3.63. The summed E-state index contributed by atoms with van der Waals surface area (Å²) in [6, 6.07) is 1.73. The van der Waals surface area contributed by atoms with E-state index >= 15 is 0 Å². The SMILES string of the molecule is O=C([C@H]1CCCN(c2ncccn2)C1)N1CCn2c(nnc2C(F)(F)F)C1. The fourth-order valence-corrected chi connectivity index (χ4v) is 3.63. The summed E-state index contributed by atoms with van der Waals surface area (Å²) in [5, 5.41) is 6.88. The van der Waals surface area contributed by atoms with Gasteiger partial charge in [-0.25, -0.2) is 9.97 Å². The van der Waals surface area contributed by atoms with Crippen LogP contribution in [0.5, 0.6) is 0 Å². The Morgan fingerprint density at radius 1 is 1.11 bits per heavy atom. The molecule has 2 aliphatic heterocycles. The average molecular weight is 381 g/mol. The Hall–Kier alpha value is -2.72. The van der Waals surface area contributed by atoms with Gasteiger partial charge in [-0.2, -0.15) is 13.2 Å². The zero-order valence-corrected chi connectivity index (χ0v) is 14.4. The molecule has 1 atom stereocenters. The number of piperidine rings is 1. The van der Waals surface area contributed by atoms with E-state index in [1.165, 1.54) is 0 Å². The number of aromatic nitrogens is 5. The van der Waals surface area contributed by atoms with Crippen molar-refractivity contribution < 1.29 is 18.0 Å². The minimum Gasteiger partial charge on any atom is -0.340 e. The molecule has 4 rings (SSSR count). The first kappa shape index (κ1) is 17.7. The lowest BCUT2D eigenvalue weighted by molar-refractivity contribution is -0.148. The first-order valence-corrected chi connectivity index (χ1v) is 8.73. The Morgan fingerprint density at radius 2 is 1.89 bits per heavy atom. The summed E-state index contributed by atoms with van der Waals surface area (Å²) in [6.07, 6.45) is 0.333. The van der Waals surface area contributed by atoms with Crippen molar-refractivity contribution >= 4 is 11.9 Å². The minimum atomic E-state index is -4.54. The zero-order valence-electron chi connectivity index (χ0n) is 14.4. The van der Waals surface area contributed by atoms with Gasteiger partial charge in [0.25, 0.3) is 0 Å². The van der Waals surface area contributed by atoms with Gasteiger partial charge in [0.15, 0.2) is 5.82 Å². The predicted molar refractivity (Wildman–Crippen MR) is 87.4 cm³/mol. The lowest BCUT2D eigenvalue weighted by Gasteiger charge is -2.36. The average Bonchev–Trinajstić information content (AvgIpc) is 3.12. The van der Waals surface area contributed by atoms with Gasteiger partial charge in [0.2, 0.25) is 17.7 Å². The van der Waals surface area contributed by atoms with Crippen molar-refractivity contribution in [2.75, 3.05) is 24.5 Å². The van der Waals surface area contributed by atoms with E-state index in [0.29, 0.717) is 12.5 Å². The molecule has 1 saturated heterocycles. The van der Waals surface area contributed by atoms with Gasteiger partial charge in [0.1, 0.15) is 0 Å². The third-order valence-electron chi connectivity index (χ3n) is 4.92. The normalized spacial score (nSPS) is 20.5. The van der Waals surface area contributed by atoms with E-state index in [1.54, 1.807) is 23.4 Å². The van der Waals surface area contributed by atoms with Crippen molar-refractivity contribution in [3.05, 3.63) is 30.1 Å². The van der Waals surface area contributed by atoms with Crippen molar-refractivity contribution in [2.45, 2.75) is 32.1 Å². The fraction of sp³-hybridized carbons (Fsp3) is 0.562. The molecule has 0 saturated carbocycles. The quantitative estimate of drug-likeness (QED) is 0.781. The van der Waals surface area contributed by atoms with Gasteiger partial charge in [0.05, 0.1) is 12.5 Å². The van der Waals surface area contributed by atoms with E-state index in [0.717, 1.165) is 24.0 Å². The smallest absolute Gasteiger partial charge is 0.340 e. The highest BCUT2D eigenvalue weighted by Gasteiger charge is 2.40. The maximum absolute atomic E-state index is 12.9. The molecular weight excluding hydrogens is 363 g/mol. The summed E-state index contributed by atoms with van der Waals surface area (Å²) >= 11 is 0. The minimum absolute atomic E-state index is 0.0419. The van der Waals surface area contributed by atoms with Gasteiger partial charge in [-0.3, -0.25) is 4.79 Å². The number of carbonyl (C=O) groups is 1. The van der Waals surface area contributed by atoms with Crippen molar-refractivity contribution in [1.29, 1.82) is 0 Å². The molecule has 144 valence electrons. The number of alkyl halides is 3. The summed E-state index contributed by atoms with van der Waals surface area (Å²) in [4.78, 5) is 24.9. The maximum atomic E-state index is 12.9. The molecule has 2 aromatic heterocycles. The Balaban J connectivity index is 1.45. The van der Waals surface area contributed by atoms with Crippen LogP contribution in [0.1, 0.15) is 24.5 Å². The molecular formula is C16H18F3N7O. The number of rotatable bonds is 2. The number of nitrogens with zero attached hydrogens (tertiary/aromatic N) is 7. The number of hydrogen-bond acceptors (Lipinski definition) is 6. The van der Waals surface area contributed by atoms with Crippen LogP contribution in [-0.4, -0.2) is 55.2 Å². The van der Waals surface area contributed by atoms with Crippen LogP contribution >= 0.6 is 0 Å². The summed E-state index contributed by atoms with van der Waals surface area (Å²) in [5.41, 5.74) is 0. The van der Waals surface area contributed by atoms with Crippen molar-refractivity contribution in [2.24, 2.45) is 5.92 Å². The Labute approximate surface area is 153 Å². The van der Waals surface area contributed by atoms with E-state index in [2.05, 4.69) is 20.2 Å². The van der Waals surface area contributed by atoms with Crippen LogP contribution in [0.4, 0.5) is 19.1 Å². The molecule has 0 bridgehead atoms. The van der Waals surface area contributed by atoms with Crippen molar-refractivity contribution in [1.82, 2.24) is 29.6 Å². The highest BCUT2D eigenvalue weighted by molar-refractivity contribution is 5.79. The van der Waals surface area contributed by atoms with Crippen molar-refractivity contribution in [3.8, 4) is 0 Å². The first-order chi connectivity index (χ1) is 12.9. The molecule has 1 fully saturated rings. The van der Waals surface area contributed by atoms with E-state index < -0.39 is 12.0 Å². The van der Waals surface area contributed by atoms with Gasteiger partial charge in [-0.15, -0.1) is 10.2 Å². The van der Waals surface area contributed by atoms with E-state index in [9.17, 15) is 18.0 Å². The lowest BCUT2D eigenvalue weighted by Crippen LogP contribution is -2.47. The second-order valence-electron chi connectivity index (χ2n) is 6.68. The predicted octanol–water partition coefficient (Wildman–Crippen LogP) is 1.35. The molecule has 27 heavy (non-hydrogen) atoms.